The van der Waals surface area contributed by atoms with E-state index in [2.05, 4.69) is 23.1 Å². The highest BCUT2D eigenvalue weighted by Gasteiger charge is 2.21. The van der Waals surface area contributed by atoms with Gasteiger partial charge in [0.25, 0.3) is 0 Å². The van der Waals surface area contributed by atoms with Gasteiger partial charge in [-0.3, -0.25) is 9.69 Å². The summed E-state index contributed by atoms with van der Waals surface area (Å²) in [5.41, 5.74) is 3.38. The zero-order valence-corrected chi connectivity index (χ0v) is 17.0. The number of rotatable bonds is 6. The number of nitrogens with zero attached hydrogens (tertiary/aromatic N) is 1. The minimum atomic E-state index is -0.210. The lowest BCUT2D eigenvalue weighted by Crippen LogP contribution is -2.39. The van der Waals surface area contributed by atoms with Crippen LogP contribution < -0.4 is 0 Å². The maximum absolute atomic E-state index is 11.3. The highest BCUT2D eigenvalue weighted by atomic mass is 35.5. The zero-order chi connectivity index (χ0) is 18.4. The third-order valence-corrected chi connectivity index (χ3v) is 4.92. The molecule has 1 saturated heterocycles. The van der Waals surface area contributed by atoms with Crippen molar-refractivity contribution < 1.29 is 14.3 Å². The lowest BCUT2D eigenvalue weighted by atomic mass is 10.1. The van der Waals surface area contributed by atoms with Crippen LogP contribution in [0.25, 0.3) is 0 Å². The van der Waals surface area contributed by atoms with Crippen LogP contribution in [-0.2, 0) is 27.1 Å². The van der Waals surface area contributed by atoms with Crippen LogP contribution in [0, 0.1) is 0 Å². The molecular weight excluding hydrogens is 385 g/mol. The quantitative estimate of drug-likeness (QED) is 0.673. The van der Waals surface area contributed by atoms with Crippen molar-refractivity contribution in [2.45, 2.75) is 18.9 Å². The van der Waals surface area contributed by atoms with Gasteiger partial charge >= 0.3 is 5.97 Å². The Labute approximate surface area is 171 Å². The minimum Gasteiger partial charge on any atom is -0.469 e. The SMILES string of the molecule is COC(=O)Cc1ccc(CCN2CCOC(c3cccc(Cl)c3)C2)cc1.Cl. The Morgan fingerprint density at radius 3 is 2.67 bits per heavy atom. The van der Waals surface area contributed by atoms with Crippen LogP contribution in [0.5, 0.6) is 0 Å². The Hall–Kier alpha value is -1.59. The molecule has 1 atom stereocenters. The van der Waals surface area contributed by atoms with Crippen LogP contribution in [0.1, 0.15) is 22.8 Å². The fraction of sp³-hybridized carbons (Fsp3) is 0.381. The lowest BCUT2D eigenvalue weighted by Gasteiger charge is -2.33. The number of benzene rings is 2. The van der Waals surface area contributed by atoms with Crippen LogP contribution in [0.3, 0.4) is 0 Å². The molecule has 27 heavy (non-hydrogen) atoms. The van der Waals surface area contributed by atoms with Crippen molar-refractivity contribution in [2.75, 3.05) is 33.4 Å². The molecule has 0 saturated carbocycles. The summed E-state index contributed by atoms with van der Waals surface area (Å²) in [7, 11) is 1.41. The fourth-order valence-electron chi connectivity index (χ4n) is 3.16. The van der Waals surface area contributed by atoms with Crippen molar-refractivity contribution in [2.24, 2.45) is 0 Å². The van der Waals surface area contributed by atoms with Gasteiger partial charge in [0, 0.05) is 24.7 Å². The normalized spacial score (nSPS) is 17.2. The van der Waals surface area contributed by atoms with Gasteiger partial charge < -0.3 is 9.47 Å². The van der Waals surface area contributed by atoms with Gasteiger partial charge in [0.2, 0.25) is 0 Å². The molecule has 0 aromatic heterocycles. The van der Waals surface area contributed by atoms with E-state index < -0.39 is 0 Å². The van der Waals surface area contributed by atoms with E-state index >= 15 is 0 Å². The van der Waals surface area contributed by atoms with E-state index in [-0.39, 0.29) is 24.5 Å². The highest BCUT2D eigenvalue weighted by Crippen LogP contribution is 2.24. The Balaban J connectivity index is 0.00000261. The van der Waals surface area contributed by atoms with E-state index in [9.17, 15) is 4.79 Å². The summed E-state index contributed by atoms with van der Waals surface area (Å²) >= 11 is 6.10. The monoisotopic (exact) mass is 409 g/mol. The van der Waals surface area contributed by atoms with Crippen molar-refractivity contribution in [1.29, 1.82) is 0 Å². The predicted octanol–water partition coefficient (Wildman–Crippen LogP) is 4.09. The average Bonchev–Trinajstić information content (AvgIpc) is 2.67. The third kappa shape index (κ3) is 6.51. The molecule has 1 aliphatic heterocycles. The molecule has 1 heterocycles. The van der Waals surface area contributed by atoms with Gasteiger partial charge in [-0.2, -0.15) is 0 Å². The summed E-state index contributed by atoms with van der Waals surface area (Å²) in [6.45, 7) is 3.53. The van der Waals surface area contributed by atoms with Gasteiger partial charge in [0.1, 0.15) is 0 Å². The molecule has 2 aromatic rings. The Morgan fingerprint density at radius 2 is 1.96 bits per heavy atom. The molecule has 1 unspecified atom stereocenters. The summed E-state index contributed by atoms with van der Waals surface area (Å²) < 4.78 is 10.6. The fourth-order valence-corrected chi connectivity index (χ4v) is 3.36. The molecule has 146 valence electrons. The number of hydrogen-bond donors (Lipinski definition) is 0. The molecule has 0 amide bonds. The maximum atomic E-state index is 11.3. The molecule has 1 aliphatic rings. The van der Waals surface area contributed by atoms with Gasteiger partial charge in [0.15, 0.2) is 0 Å². The number of ether oxygens (including phenoxy) is 2. The number of esters is 1. The second kappa shape index (κ2) is 10.7. The van der Waals surface area contributed by atoms with Crippen molar-refractivity contribution in [3.8, 4) is 0 Å². The standard InChI is InChI=1S/C21H24ClNO3.ClH/c1-25-21(24)13-17-7-5-16(6-8-17)9-10-23-11-12-26-20(15-23)18-3-2-4-19(22)14-18;/h2-8,14,20H,9-13,15H2,1H3;1H. The second-order valence-corrected chi connectivity index (χ2v) is 6.97. The number of halogens is 2. The van der Waals surface area contributed by atoms with Gasteiger partial charge in [-0.05, 0) is 35.2 Å². The largest absolute Gasteiger partial charge is 0.469 e. The predicted molar refractivity (Wildman–Crippen MR) is 110 cm³/mol. The number of methoxy groups -OCH3 is 1. The van der Waals surface area contributed by atoms with E-state index in [4.69, 9.17) is 21.1 Å². The number of carbonyl (C=O) groups excluding carboxylic acids is 1. The smallest absolute Gasteiger partial charge is 0.309 e. The maximum Gasteiger partial charge on any atom is 0.309 e. The Kier molecular flexibility index (Phi) is 8.58. The summed E-state index contributed by atoms with van der Waals surface area (Å²) in [5.74, 6) is -0.210. The molecule has 0 aliphatic carbocycles. The molecule has 1 fully saturated rings. The van der Waals surface area contributed by atoms with Gasteiger partial charge in [-0.25, -0.2) is 0 Å². The molecule has 0 bridgehead atoms. The summed E-state index contributed by atoms with van der Waals surface area (Å²) in [5, 5.41) is 0.746. The van der Waals surface area contributed by atoms with E-state index in [0.717, 1.165) is 48.8 Å². The van der Waals surface area contributed by atoms with E-state index in [1.54, 1.807) is 0 Å². The van der Waals surface area contributed by atoms with Crippen LogP contribution in [0.15, 0.2) is 48.5 Å². The summed E-state index contributed by atoms with van der Waals surface area (Å²) in [6, 6.07) is 16.1. The number of hydrogen-bond acceptors (Lipinski definition) is 4. The van der Waals surface area contributed by atoms with Crippen molar-refractivity contribution in [3.05, 3.63) is 70.2 Å². The minimum absolute atomic E-state index is 0. The van der Waals surface area contributed by atoms with E-state index in [1.807, 2.05) is 30.3 Å². The first-order valence-corrected chi connectivity index (χ1v) is 9.26. The van der Waals surface area contributed by atoms with Crippen molar-refractivity contribution in [1.82, 2.24) is 4.90 Å². The zero-order valence-electron chi connectivity index (χ0n) is 15.4. The first kappa shape index (κ1) is 21.7. The molecule has 2 aromatic carbocycles. The molecule has 4 nitrogen and oxygen atoms in total. The lowest BCUT2D eigenvalue weighted by molar-refractivity contribution is -0.139. The molecule has 6 heteroatoms. The topological polar surface area (TPSA) is 38.8 Å². The van der Waals surface area contributed by atoms with Crippen LogP contribution >= 0.6 is 24.0 Å². The molecule has 3 rings (SSSR count). The molecule has 0 radical (unpaired) electrons. The Morgan fingerprint density at radius 1 is 1.22 bits per heavy atom. The molecule has 0 spiro atoms. The molecular formula is C21H25Cl2NO3. The van der Waals surface area contributed by atoms with Crippen LogP contribution in [-0.4, -0.2) is 44.2 Å². The average molecular weight is 410 g/mol. The van der Waals surface area contributed by atoms with E-state index in [1.165, 1.54) is 12.7 Å². The van der Waals surface area contributed by atoms with Gasteiger partial charge in [0.05, 0.1) is 26.2 Å². The van der Waals surface area contributed by atoms with Crippen LogP contribution in [0.2, 0.25) is 5.02 Å². The number of carbonyl (C=O) groups is 1. The van der Waals surface area contributed by atoms with E-state index in [0.29, 0.717) is 6.42 Å². The van der Waals surface area contributed by atoms with Crippen molar-refractivity contribution in [3.63, 3.8) is 0 Å². The first-order chi connectivity index (χ1) is 12.6. The van der Waals surface area contributed by atoms with Gasteiger partial charge in [-0.15, -0.1) is 12.4 Å². The van der Waals surface area contributed by atoms with Gasteiger partial charge in [-0.1, -0.05) is 48.0 Å². The van der Waals surface area contributed by atoms with Crippen molar-refractivity contribution >= 4 is 30.0 Å². The first-order valence-electron chi connectivity index (χ1n) is 8.88. The molecule has 0 N–H and O–H groups in total. The Bertz CT molecular complexity index is 736. The van der Waals surface area contributed by atoms with Crippen LogP contribution in [0.4, 0.5) is 0 Å². The third-order valence-electron chi connectivity index (χ3n) is 4.69. The summed E-state index contributed by atoms with van der Waals surface area (Å²) in [4.78, 5) is 13.7. The second-order valence-electron chi connectivity index (χ2n) is 6.53. The number of morpholine rings is 1. The highest BCUT2D eigenvalue weighted by molar-refractivity contribution is 6.30. The summed E-state index contributed by atoms with van der Waals surface area (Å²) in [6.07, 6.45) is 1.37.